The van der Waals surface area contributed by atoms with E-state index in [4.69, 9.17) is 4.74 Å². The highest BCUT2D eigenvalue weighted by Crippen LogP contribution is 1.98. The van der Waals surface area contributed by atoms with Gasteiger partial charge in [0.1, 0.15) is 6.04 Å². The van der Waals surface area contributed by atoms with Gasteiger partial charge in [-0.1, -0.05) is 0 Å². The molecule has 1 fully saturated rings. The van der Waals surface area contributed by atoms with Gasteiger partial charge in [0, 0.05) is 19.6 Å². The first-order valence-electron chi connectivity index (χ1n) is 5.86. The van der Waals surface area contributed by atoms with Crippen molar-refractivity contribution in [2.75, 3.05) is 33.4 Å². The third kappa shape index (κ3) is 5.66. The monoisotopic (exact) mass is 279 g/mol. The average molecular weight is 280 g/mol. The minimum atomic E-state index is -0.333. The summed E-state index contributed by atoms with van der Waals surface area (Å²) in [6.45, 7) is 5.51. The highest BCUT2D eigenvalue weighted by Gasteiger charge is 2.25. The van der Waals surface area contributed by atoms with E-state index in [2.05, 4.69) is 10.6 Å². The molecule has 0 spiro atoms. The zero-order chi connectivity index (χ0) is 12.8. The molecule has 1 atom stereocenters. The Morgan fingerprint density at radius 1 is 1.50 bits per heavy atom. The fraction of sp³-hybridized carbons (Fsp3) is 0.818. The summed E-state index contributed by atoms with van der Waals surface area (Å²) in [6.07, 6.45) is 0. The molecule has 1 aliphatic heterocycles. The summed E-state index contributed by atoms with van der Waals surface area (Å²) in [6, 6.07) is -0.247. The Labute approximate surface area is 114 Å². The molecule has 0 saturated carbocycles. The van der Waals surface area contributed by atoms with E-state index in [1.54, 1.807) is 7.05 Å². The van der Waals surface area contributed by atoms with Gasteiger partial charge in [0.2, 0.25) is 11.8 Å². The van der Waals surface area contributed by atoms with Crippen LogP contribution in [-0.2, 0) is 14.3 Å². The molecule has 1 aliphatic rings. The quantitative estimate of drug-likeness (QED) is 0.720. The number of amides is 2. The molecule has 18 heavy (non-hydrogen) atoms. The molecule has 2 N–H and O–H groups in total. The number of halogens is 1. The fourth-order valence-corrected chi connectivity index (χ4v) is 1.65. The van der Waals surface area contributed by atoms with E-state index in [0.29, 0.717) is 19.8 Å². The first kappa shape index (κ1) is 17.2. The summed E-state index contributed by atoms with van der Waals surface area (Å²) in [5.74, 6) is -0.254. The zero-order valence-electron chi connectivity index (χ0n) is 11.1. The second-order valence-corrected chi connectivity index (χ2v) is 4.50. The molecule has 2 amide bonds. The highest BCUT2D eigenvalue weighted by molar-refractivity contribution is 5.87. The van der Waals surface area contributed by atoms with E-state index in [0.717, 1.165) is 0 Å². The van der Waals surface area contributed by atoms with Gasteiger partial charge in [-0.15, -0.1) is 12.4 Å². The molecule has 1 heterocycles. The van der Waals surface area contributed by atoms with Crippen LogP contribution < -0.4 is 10.6 Å². The van der Waals surface area contributed by atoms with Crippen molar-refractivity contribution in [3.8, 4) is 0 Å². The third-order valence-corrected chi connectivity index (χ3v) is 2.43. The maximum Gasteiger partial charge on any atom is 0.242 e. The fourth-order valence-electron chi connectivity index (χ4n) is 1.65. The molecule has 7 heteroatoms. The lowest BCUT2D eigenvalue weighted by atomic mass is 10.2. The molecular formula is C11H22ClN3O3. The minimum absolute atomic E-state index is 0. The van der Waals surface area contributed by atoms with Gasteiger partial charge in [0.25, 0.3) is 0 Å². The van der Waals surface area contributed by atoms with E-state index < -0.39 is 0 Å². The number of carbonyl (C=O) groups excluding carboxylic acids is 2. The van der Waals surface area contributed by atoms with E-state index in [1.165, 1.54) is 4.90 Å². The molecule has 0 aromatic heterocycles. The third-order valence-electron chi connectivity index (χ3n) is 2.43. The zero-order valence-corrected chi connectivity index (χ0v) is 11.9. The topological polar surface area (TPSA) is 70.7 Å². The van der Waals surface area contributed by atoms with Crippen molar-refractivity contribution in [3.05, 3.63) is 0 Å². The smallest absolute Gasteiger partial charge is 0.242 e. The number of nitrogens with one attached hydrogen (secondary N) is 2. The first-order chi connectivity index (χ1) is 8.00. The van der Waals surface area contributed by atoms with Gasteiger partial charge in [0.05, 0.1) is 19.8 Å². The standard InChI is InChI=1S/C11H21N3O3.ClH/c1-8(2)13-10(15)6-14(3)11(16)9-7-17-5-4-12-9;/h8-9,12H,4-7H2,1-3H3,(H,13,15);1H. The Hall–Kier alpha value is -0.850. The molecule has 0 aromatic carbocycles. The van der Waals surface area contributed by atoms with Crippen LogP contribution in [0.2, 0.25) is 0 Å². The molecule has 6 nitrogen and oxygen atoms in total. The van der Waals surface area contributed by atoms with Crippen molar-refractivity contribution in [1.82, 2.24) is 15.5 Å². The van der Waals surface area contributed by atoms with Gasteiger partial charge in [-0.05, 0) is 13.8 Å². The molecule has 1 rings (SSSR count). The number of ether oxygens (including phenoxy) is 1. The van der Waals surface area contributed by atoms with E-state index in [-0.39, 0.29) is 42.8 Å². The van der Waals surface area contributed by atoms with Crippen LogP contribution in [0.5, 0.6) is 0 Å². The second-order valence-electron chi connectivity index (χ2n) is 4.50. The summed E-state index contributed by atoms with van der Waals surface area (Å²) in [5, 5.41) is 5.81. The SMILES string of the molecule is CC(C)NC(=O)CN(C)C(=O)C1COCCN1.Cl. The van der Waals surface area contributed by atoms with Crippen molar-refractivity contribution in [3.63, 3.8) is 0 Å². The van der Waals surface area contributed by atoms with Crippen molar-refractivity contribution in [2.45, 2.75) is 25.9 Å². The number of hydrogen-bond donors (Lipinski definition) is 2. The Morgan fingerprint density at radius 3 is 2.67 bits per heavy atom. The van der Waals surface area contributed by atoms with Gasteiger partial charge in [-0.25, -0.2) is 0 Å². The summed E-state index contributed by atoms with van der Waals surface area (Å²) < 4.78 is 5.21. The molecule has 1 unspecified atom stereocenters. The highest BCUT2D eigenvalue weighted by atomic mass is 35.5. The van der Waals surface area contributed by atoms with Gasteiger partial charge in [-0.2, -0.15) is 0 Å². The van der Waals surface area contributed by atoms with Crippen LogP contribution in [0.15, 0.2) is 0 Å². The lowest BCUT2D eigenvalue weighted by Gasteiger charge is -2.27. The van der Waals surface area contributed by atoms with Crippen molar-refractivity contribution in [2.24, 2.45) is 0 Å². The number of hydrogen-bond acceptors (Lipinski definition) is 4. The van der Waals surface area contributed by atoms with Crippen LogP contribution in [-0.4, -0.2) is 62.1 Å². The van der Waals surface area contributed by atoms with Crippen LogP contribution in [0.3, 0.4) is 0 Å². The van der Waals surface area contributed by atoms with Crippen LogP contribution in [0.1, 0.15) is 13.8 Å². The summed E-state index contributed by atoms with van der Waals surface area (Å²) in [7, 11) is 1.62. The molecule has 1 saturated heterocycles. The number of morpholine rings is 1. The van der Waals surface area contributed by atoms with Crippen molar-refractivity contribution < 1.29 is 14.3 Å². The molecule has 106 valence electrons. The number of nitrogens with zero attached hydrogens (tertiary/aromatic N) is 1. The predicted molar refractivity (Wildman–Crippen MR) is 70.8 cm³/mol. The molecule has 0 radical (unpaired) electrons. The largest absolute Gasteiger partial charge is 0.378 e. The maximum absolute atomic E-state index is 11.9. The Bertz CT molecular complexity index is 281. The van der Waals surface area contributed by atoms with Gasteiger partial charge in [0.15, 0.2) is 0 Å². The van der Waals surface area contributed by atoms with Gasteiger partial charge in [-0.3, -0.25) is 9.59 Å². The molecular weight excluding hydrogens is 258 g/mol. The van der Waals surface area contributed by atoms with Crippen LogP contribution >= 0.6 is 12.4 Å². The van der Waals surface area contributed by atoms with Crippen LogP contribution in [0.25, 0.3) is 0 Å². The van der Waals surface area contributed by atoms with Gasteiger partial charge >= 0.3 is 0 Å². The summed E-state index contributed by atoms with van der Waals surface area (Å²) >= 11 is 0. The van der Waals surface area contributed by atoms with Gasteiger partial charge < -0.3 is 20.3 Å². The van der Waals surface area contributed by atoms with Crippen LogP contribution in [0.4, 0.5) is 0 Å². The normalized spacial score (nSPS) is 19.0. The Balaban J connectivity index is 0.00000289. The van der Waals surface area contributed by atoms with E-state index in [1.807, 2.05) is 13.8 Å². The number of carbonyl (C=O) groups is 2. The summed E-state index contributed by atoms with van der Waals surface area (Å²) in [4.78, 5) is 24.8. The number of rotatable bonds is 4. The lowest BCUT2D eigenvalue weighted by Crippen LogP contribution is -2.53. The Morgan fingerprint density at radius 2 is 2.17 bits per heavy atom. The second kappa shape index (κ2) is 8.29. The van der Waals surface area contributed by atoms with Crippen LogP contribution in [0, 0.1) is 0 Å². The minimum Gasteiger partial charge on any atom is -0.378 e. The molecule has 0 aromatic rings. The maximum atomic E-state index is 11.9. The Kier molecular flexibility index (Phi) is 7.90. The first-order valence-corrected chi connectivity index (χ1v) is 5.86. The summed E-state index contributed by atoms with van der Waals surface area (Å²) in [5.41, 5.74) is 0. The van der Waals surface area contributed by atoms with E-state index >= 15 is 0 Å². The lowest BCUT2D eigenvalue weighted by molar-refractivity contribution is -0.138. The predicted octanol–water partition coefficient (Wildman–Crippen LogP) is -0.620. The average Bonchev–Trinajstić information content (AvgIpc) is 2.28. The molecule has 0 aliphatic carbocycles. The van der Waals surface area contributed by atoms with Crippen molar-refractivity contribution in [1.29, 1.82) is 0 Å². The van der Waals surface area contributed by atoms with Crippen molar-refractivity contribution >= 4 is 24.2 Å². The van der Waals surface area contributed by atoms with E-state index in [9.17, 15) is 9.59 Å². The molecule has 0 bridgehead atoms. The number of likely N-dealkylation sites (N-methyl/N-ethyl adjacent to an activating group) is 1.